The number of rotatable bonds is 10. The monoisotopic (exact) mass is 451 g/mol. The van der Waals surface area contributed by atoms with Crippen LogP contribution < -0.4 is 14.8 Å². The lowest BCUT2D eigenvalue weighted by molar-refractivity contribution is -0.126. The maximum Gasteiger partial charge on any atom is 0.231 e. The van der Waals surface area contributed by atoms with Crippen molar-refractivity contribution < 1.29 is 14.3 Å². The number of hydrogen-bond donors (Lipinski definition) is 1. The molecule has 0 aliphatic heterocycles. The molecule has 1 fully saturated rings. The summed E-state index contributed by atoms with van der Waals surface area (Å²) in [5.74, 6) is 2.81. The van der Waals surface area contributed by atoms with E-state index in [9.17, 15) is 4.79 Å². The topological polar surface area (TPSA) is 90.6 Å². The van der Waals surface area contributed by atoms with Crippen LogP contribution in [0.2, 0.25) is 0 Å². The molecule has 3 aromatic rings. The van der Waals surface area contributed by atoms with Gasteiger partial charge in [0, 0.05) is 12.0 Å². The van der Waals surface area contributed by atoms with E-state index in [1.165, 1.54) is 32.1 Å². The summed E-state index contributed by atoms with van der Waals surface area (Å²) in [5.41, 5.74) is 1.42. The Morgan fingerprint density at radius 1 is 1.12 bits per heavy atom. The van der Waals surface area contributed by atoms with Gasteiger partial charge in [-0.1, -0.05) is 38.3 Å². The molecule has 2 heterocycles. The normalized spacial score (nSPS) is 18.2. The number of amides is 1. The van der Waals surface area contributed by atoms with Crippen LogP contribution in [0.25, 0.3) is 17.0 Å². The number of unbranched alkanes of at least 4 members (excludes halogenated alkanes) is 1. The van der Waals surface area contributed by atoms with Gasteiger partial charge >= 0.3 is 0 Å². The molecule has 1 N–H and O–H groups in total. The minimum atomic E-state index is 0.137. The van der Waals surface area contributed by atoms with E-state index in [0.717, 1.165) is 24.3 Å². The summed E-state index contributed by atoms with van der Waals surface area (Å²) in [6.07, 6.45) is 8.20. The van der Waals surface area contributed by atoms with Crippen molar-refractivity contribution >= 4 is 11.6 Å². The fraction of sp³-hybridized carbons (Fsp3) is 0.520. The Bertz CT molecular complexity index is 1060. The van der Waals surface area contributed by atoms with Crippen molar-refractivity contribution in [2.75, 3.05) is 20.3 Å². The molecule has 33 heavy (non-hydrogen) atoms. The molecule has 0 spiro atoms. The number of benzene rings is 1. The van der Waals surface area contributed by atoms with Gasteiger partial charge in [-0.3, -0.25) is 4.79 Å². The van der Waals surface area contributed by atoms with Crippen LogP contribution in [0.3, 0.4) is 0 Å². The lowest BCUT2D eigenvalue weighted by atomic mass is 9.79. The Labute approximate surface area is 194 Å². The van der Waals surface area contributed by atoms with Crippen molar-refractivity contribution in [2.45, 2.75) is 51.9 Å². The third kappa shape index (κ3) is 5.61. The van der Waals surface area contributed by atoms with Crippen LogP contribution in [0.4, 0.5) is 0 Å². The largest absolute Gasteiger partial charge is 0.496 e. The van der Waals surface area contributed by atoms with Gasteiger partial charge < -0.3 is 14.8 Å². The molecule has 4 rings (SSSR count). The molecule has 0 radical (unpaired) electrons. The number of nitrogens with one attached hydrogen (secondary N) is 1. The Morgan fingerprint density at radius 2 is 1.94 bits per heavy atom. The Morgan fingerprint density at radius 3 is 2.73 bits per heavy atom. The summed E-state index contributed by atoms with van der Waals surface area (Å²) in [5, 5.41) is 16.0. The van der Waals surface area contributed by atoms with Crippen molar-refractivity contribution in [1.82, 2.24) is 25.1 Å². The standard InChI is InChI=1S/C25H33N5O3/c1-3-4-7-18-10-12-19(13-11-18)25(31)26-16-17-33-23-15-14-22-27-28-24(30(22)29-23)20-8-5-6-9-21(20)32-2/h5-6,8-9,14-15,18-19H,3-4,7,10-13,16-17H2,1-2H3,(H,26,31). The highest BCUT2D eigenvalue weighted by Crippen LogP contribution is 2.32. The highest BCUT2D eigenvalue weighted by atomic mass is 16.5. The first kappa shape index (κ1) is 23.0. The summed E-state index contributed by atoms with van der Waals surface area (Å²) < 4.78 is 12.9. The lowest BCUT2D eigenvalue weighted by Gasteiger charge is -2.27. The number of aromatic nitrogens is 4. The third-order valence-electron chi connectivity index (χ3n) is 6.42. The number of carbonyl (C=O) groups excluding carboxylic acids is 1. The van der Waals surface area contributed by atoms with Gasteiger partial charge in [-0.2, -0.15) is 4.52 Å². The van der Waals surface area contributed by atoms with E-state index in [4.69, 9.17) is 9.47 Å². The van der Waals surface area contributed by atoms with E-state index < -0.39 is 0 Å². The van der Waals surface area contributed by atoms with Gasteiger partial charge in [0.05, 0.1) is 19.2 Å². The minimum Gasteiger partial charge on any atom is -0.496 e. The summed E-state index contributed by atoms with van der Waals surface area (Å²) in [6, 6.07) is 11.2. The number of para-hydroxylation sites is 1. The van der Waals surface area contributed by atoms with Crippen LogP contribution in [0.15, 0.2) is 36.4 Å². The van der Waals surface area contributed by atoms with Crippen molar-refractivity contribution in [3.05, 3.63) is 36.4 Å². The second-order valence-electron chi connectivity index (χ2n) is 8.66. The van der Waals surface area contributed by atoms with Crippen LogP contribution in [0.1, 0.15) is 51.9 Å². The van der Waals surface area contributed by atoms with Gasteiger partial charge in [0.1, 0.15) is 12.4 Å². The Balaban J connectivity index is 1.29. The van der Waals surface area contributed by atoms with Crippen LogP contribution in [-0.4, -0.2) is 46.0 Å². The lowest BCUT2D eigenvalue weighted by Crippen LogP contribution is -2.35. The fourth-order valence-electron chi connectivity index (χ4n) is 4.53. The zero-order valence-electron chi connectivity index (χ0n) is 19.5. The molecule has 2 aromatic heterocycles. The number of carbonyl (C=O) groups is 1. The van der Waals surface area contributed by atoms with E-state index >= 15 is 0 Å². The first-order valence-corrected chi connectivity index (χ1v) is 12.0. The maximum atomic E-state index is 12.5. The van der Waals surface area contributed by atoms with Crippen LogP contribution in [0, 0.1) is 11.8 Å². The molecule has 1 aliphatic carbocycles. The molecule has 1 amide bonds. The van der Waals surface area contributed by atoms with Gasteiger partial charge in [0.15, 0.2) is 11.5 Å². The fourth-order valence-corrected chi connectivity index (χ4v) is 4.53. The molecule has 8 heteroatoms. The van der Waals surface area contributed by atoms with Crippen LogP contribution in [0.5, 0.6) is 11.6 Å². The zero-order chi connectivity index (χ0) is 23.0. The number of ether oxygens (including phenoxy) is 2. The second-order valence-corrected chi connectivity index (χ2v) is 8.66. The Hall–Kier alpha value is -3.16. The third-order valence-corrected chi connectivity index (χ3v) is 6.42. The summed E-state index contributed by atoms with van der Waals surface area (Å²) in [7, 11) is 1.62. The zero-order valence-corrected chi connectivity index (χ0v) is 19.5. The molecule has 0 bridgehead atoms. The van der Waals surface area contributed by atoms with Gasteiger partial charge in [-0.05, 0) is 49.8 Å². The molecule has 1 aliphatic rings. The SMILES string of the molecule is CCCCC1CCC(C(=O)NCCOc2ccc3nnc(-c4ccccc4OC)n3n2)CC1. The summed E-state index contributed by atoms with van der Waals surface area (Å²) in [4.78, 5) is 12.5. The minimum absolute atomic E-state index is 0.137. The molecule has 1 saturated carbocycles. The molecule has 0 saturated heterocycles. The second kappa shape index (κ2) is 11.1. The summed E-state index contributed by atoms with van der Waals surface area (Å²) in [6.45, 7) is 3.04. The average molecular weight is 452 g/mol. The molecule has 8 nitrogen and oxygen atoms in total. The van der Waals surface area contributed by atoms with E-state index in [2.05, 4.69) is 27.5 Å². The predicted molar refractivity (Wildman–Crippen MR) is 126 cm³/mol. The molecule has 0 unspecified atom stereocenters. The quantitative estimate of drug-likeness (QED) is 0.463. The van der Waals surface area contributed by atoms with Crippen LogP contribution >= 0.6 is 0 Å². The molecular formula is C25H33N5O3. The van der Waals surface area contributed by atoms with Gasteiger partial charge in [-0.25, -0.2) is 0 Å². The van der Waals surface area contributed by atoms with Crippen molar-refractivity contribution in [3.8, 4) is 23.0 Å². The summed E-state index contributed by atoms with van der Waals surface area (Å²) >= 11 is 0. The van der Waals surface area contributed by atoms with Gasteiger partial charge in [0.2, 0.25) is 11.8 Å². The van der Waals surface area contributed by atoms with Crippen LogP contribution in [-0.2, 0) is 4.79 Å². The number of fused-ring (bicyclic) bond motifs is 1. The molecule has 0 atom stereocenters. The number of nitrogens with zero attached hydrogens (tertiary/aromatic N) is 4. The smallest absolute Gasteiger partial charge is 0.231 e. The van der Waals surface area contributed by atoms with Crippen molar-refractivity contribution in [1.29, 1.82) is 0 Å². The van der Waals surface area contributed by atoms with Crippen molar-refractivity contribution in [3.63, 3.8) is 0 Å². The van der Waals surface area contributed by atoms with Gasteiger partial charge in [-0.15, -0.1) is 15.3 Å². The first-order valence-electron chi connectivity index (χ1n) is 12.0. The highest BCUT2D eigenvalue weighted by molar-refractivity contribution is 5.78. The molecular weight excluding hydrogens is 418 g/mol. The maximum absolute atomic E-state index is 12.5. The number of hydrogen-bond acceptors (Lipinski definition) is 6. The highest BCUT2D eigenvalue weighted by Gasteiger charge is 2.25. The van der Waals surface area contributed by atoms with E-state index in [1.807, 2.05) is 30.3 Å². The van der Waals surface area contributed by atoms with E-state index in [1.54, 1.807) is 17.7 Å². The Kier molecular flexibility index (Phi) is 7.75. The van der Waals surface area contributed by atoms with E-state index in [-0.39, 0.29) is 11.8 Å². The molecule has 1 aromatic carbocycles. The van der Waals surface area contributed by atoms with Gasteiger partial charge in [0.25, 0.3) is 0 Å². The number of methoxy groups -OCH3 is 1. The molecule has 176 valence electrons. The van der Waals surface area contributed by atoms with E-state index in [0.29, 0.717) is 36.3 Å². The van der Waals surface area contributed by atoms with Crippen molar-refractivity contribution in [2.24, 2.45) is 11.8 Å². The predicted octanol–water partition coefficient (Wildman–Crippen LogP) is 4.29. The average Bonchev–Trinajstić information content (AvgIpc) is 3.28. The first-order chi connectivity index (χ1) is 16.2.